The summed E-state index contributed by atoms with van der Waals surface area (Å²) in [5, 5.41) is 2.90. The first kappa shape index (κ1) is 30.8. The van der Waals surface area contributed by atoms with Crippen LogP contribution in [0.2, 0.25) is 0 Å². The maximum atomic E-state index is 13.7. The number of benzene rings is 2. The molecule has 0 bridgehead atoms. The molecule has 10 heteroatoms. The van der Waals surface area contributed by atoms with Gasteiger partial charge in [0.2, 0.25) is 5.91 Å². The molecule has 0 aliphatic rings. The van der Waals surface area contributed by atoms with Crippen molar-refractivity contribution in [3.63, 3.8) is 0 Å². The number of carbonyl (C=O) groups is 2. The van der Waals surface area contributed by atoms with Crippen LogP contribution in [0.1, 0.15) is 21.7 Å². The Bertz CT molecular complexity index is 1230. The molecule has 0 spiro atoms. The first-order valence-corrected chi connectivity index (χ1v) is 13.9. The average molecular weight is 570 g/mol. The van der Waals surface area contributed by atoms with E-state index in [4.69, 9.17) is 18.9 Å². The van der Waals surface area contributed by atoms with E-state index >= 15 is 0 Å². The van der Waals surface area contributed by atoms with Crippen molar-refractivity contribution in [1.29, 1.82) is 0 Å². The summed E-state index contributed by atoms with van der Waals surface area (Å²) in [5.41, 5.74) is 1.64. The number of hydrogen-bond acceptors (Lipinski definition) is 7. The third-order valence-corrected chi connectivity index (χ3v) is 7.33. The lowest BCUT2D eigenvalue weighted by atomic mass is 10.1. The van der Waals surface area contributed by atoms with Gasteiger partial charge in [-0.25, -0.2) is 4.79 Å². The van der Waals surface area contributed by atoms with E-state index in [1.165, 1.54) is 9.78 Å². The number of amides is 3. The summed E-state index contributed by atoms with van der Waals surface area (Å²) in [6.45, 7) is 3.81. The van der Waals surface area contributed by atoms with Gasteiger partial charge in [0.15, 0.2) is 11.5 Å². The predicted octanol–water partition coefficient (Wildman–Crippen LogP) is 5.22. The number of anilines is 1. The lowest BCUT2D eigenvalue weighted by Crippen LogP contribution is -2.45. The molecule has 0 saturated carbocycles. The van der Waals surface area contributed by atoms with E-state index in [1.807, 2.05) is 36.1 Å². The number of hydrogen-bond donors (Lipinski definition) is 1. The highest BCUT2D eigenvalue weighted by Crippen LogP contribution is 2.28. The maximum Gasteiger partial charge on any atom is 0.322 e. The van der Waals surface area contributed by atoms with Crippen molar-refractivity contribution < 1.29 is 28.5 Å². The van der Waals surface area contributed by atoms with Crippen molar-refractivity contribution in [2.45, 2.75) is 26.3 Å². The molecule has 3 amide bonds. The molecule has 0 fully saturated rings. The fraction of sp³-hybridized carbons (Fsp3) is 0.400. The van der Waals surface area contributed by atoms with Crippen LogP contribution in [0.4, 0.5) is 10.5 Å². The van der Waals surface area contributed by atoms with Crippen LogP contribution >= 0.6 is 11.3 Å². The number of rotatable bonds is 15. The molecule has 2 aromatic carbocycles. The highest BCUT2D eigenvalue weighted by atomic mass is 32.1. The van der Waals surface area contributed by atoms with Crippen molar-refractivity contribution in [1.82, 2.24) is 9.80 Å². The highest BCUT2D eigenvalue weighted by molar-refractivity contribution is 7.11. The van der Waals surface area contributed by atoms with Crippen molar-refractivity contribution in [3.05, 3.63) is 69.9 Å². The Morgan fingerprint density at radius 1 is 0.850 bits per heavy atom. The standard InChI is InChI=1S/C30H39N3O6S/c1-22-7-13-26(40-22)20-32(17-15-23-8-14-27(38-4)28(19-23)39-5)29(34)21-33(16-6-18-36-2)30(35)31-24-9-11-25(37-3)12-10-24/h7-14,19H,6,15-18,20-21H2,1-5H3,(H,31,35). The van der Waals surface area contributed by atoms with Crippen molar-refractivity contribution in [2.75, 3.05) is 60.0 Å². The molecule has 40 heavy (non-hydrogen) atoms. The summed E-state index contributed by atoms with van der Waals surface area (Å²) >= 11 is 1.66. The molecule has 1 aromatic heterocycles. The van der Waals surface area contributed by atoms with Crippen molar-refractivity contribution in [3.8, 4) is 17.2 Å². The van der Waals surface area contributed by atoms with Crippen LogP contribution in [0.25, 0.3) is 0 Å². The van der Waals surface area contributed by atoms with Gasteiger partial charge in [-0.05, 0) is 73.9 Å². The van der Waals surface area contributed by atoms with Gasteiger partial charge in [0.05, 0.1) is 27.9 Å². The van der Waals surface area contributed by atoms with Gasteiger partial charge in [0.1, 0.15) is 12.3 Å². The van der Waals surface area contributed by atoms with Crippen LogP contribution in [0.3, 0.4) is 0 Å². The SMILES string of the molecule is COCCCN(CC(=O)N(CCc1ccc(OC)c(OC)c1)Cc1ccc(C)s1)C(=O)Nc1ccc(OC)cc1. The maximum absolute atomic E-state index is 13.7. The zero-order chi connectivity index (χ0) is 28.9. The first-order chi connectivity index (χ1) is 19.4. The second-order valence-electron chi connectivity index (χ2n) is 9.19. The number of thiophene rings is 1. The fourth-order valence-corrected chi connectivity index (χ4v) is 5.05. The number of carbonyl (C=O) groups excluding carboxylic acids is 2. The van der Waals surface area contributed by atoms with E-state index in [9.17, 15) is 9.59 Å². The topological polar surface area (TPSA) is 89.6 Å². The van der Waals surface area contributed by atoms with Crippen LogP contribution in [-0.2, 0) is 22.5 Å². The normalized spacial score (nSPS) is 10.6. The predicted molar refractivity (Wildman–Crippen MR) is 158 cm³/mol. The lowest BCUT2D eigenvalue weighted by molar-refractivity contribution is -0.132. The number of nitrogens with zero attached hydrogens (tertiary/aromatic N) is 2. The van der Waals surface area contributed by atoms with Crippen molar-refractivity contribution in [2.24, 2.45) is 0 Å². The Labute approximate surface area is 240 Å². The Morgan fingerprint density at radius 3 is 2.23 bits per heavy atom. The van der Waals surface area contributed by atoms with Crippen LogP contribution < -0.4 is 19.5 Å². The Hall–Kier alpha value is -3.76. The minimum Gasteiger partial charge on any atom is -0.497 e. The number of methoxy groups -OCH3 is 4. The summed E-state index contributed by atoms with van der Waals surface area (Å²) in [4.78, 5) is 32.6. The second kappa shape index (κ2) is 15.7. The zero-order valence-electron chi connectivity index (χ0n) is 23.9. The van der Waals surface area contributed by atoms with Crippen LogP contribution in [0, 0.1) is 6.92 Å². The highest BCUT2D eigenvalue weighted by Gasteiger charge is 2.22. The molecule has 216 valence electrons. The number of urea groups is 1. The van der Waals surface area contributed by atoms with Gasteiger partial charge in [-0.15, -0.1) is 11.3 Å². The number of ether oxygens (including phenoxy) is 4. The van der Waals surface area contributed by atoms with E-state index in [0.29, 0.717) is 62.0 Å². The second-order valence-corrected chi connectivity index (χ2v) is 10.6. The van der Waals surface area contributed by atoms with Crippen molar-refractivity contribution >= 4 is 29.0 Å². The summed E-state index contributed by atoms with van der Waals surface area (Å²) in [5.74, 6) is 1.86. The molecule has 0 saturated heterocycles. The third-order valence-electron chi connectivity index (χ3n) is 6.34. The lowest BCUT2D eigenvalue weighted by Gasteiger charge is -2.28. The number of aryl methyl sites for hydroxylation is 1. The Kier molecular flexibility index (Phi) is 12.1. The average Bonchev–Trinajstić information content (AvgIpc) is 3.39. The monoisotopic (exact) mass is 569 g/mol. The van der Waals surface area contributed by atoms with Gasteiger partial charge in [0, 0.05) is 42.2 Å². The van der Waals surface area contributed by atoms with E-state index in [-0.39, 0.29) is 18.5 Å². The molecule has 0 radical (unpaired) electrons. The Morgan fingerprint density at radius 2 is 1.60 bits per heavy atom. The molecule has 0 unspecified atom stereocenters. The van der Waals surface area contributed by atoms with Crippen LogP contribution in [0.5, 0.6) is 17.2 Å². The quantitative estimate of drug-likeness (QED) is 0.252. The summed E-state index contributed by atoms with van der Waals surface area (Å²) in [7, 11) is 6.41. The molecular weight excluding hydrogens is 530 g/mol. The smallest absolute Gasteiger partial charge is 0.322 e. The van der Waals surface area contributed by atoms with Gasteiger partial charge in [0.25, 0.3) is 0 Å². The molecule has 0 atom stereocenters. The fourth-order valence-electron chi connectivity index (χ4n) is 4.14. The van der Waals surface area contributed by atoms with E-state index in [2.05, 4.69) is 11.4 Å². The molecule has 9 nitrogen and oxygen atoms in total. The van der Waals surface area contributed by atoms with Gasteiger partial charge in [-0.2, -0.15) is 0 Å². The van der Waals surface area contributed by atoms with Crippen LogP contribution in [-0.4, -0.2) is 76.4 Å². The van der Waals surface area contributed by atoms with E-state index in [0.717, 1.165) is 10.4 Å². The molecule has 1 heterocycles. The van der Waals surface area contributed by atoms with E-state index in [1.54, 1.807) is 64.0 Å². The van der Waals surface area contributed by atoms with Gasteiger partial charge in [-0.3, -0.25) is 4.79 Å². The molecule has 1 N–H and O–H groups in total. The molecule has 3 aromatic rings. The Balaban J connectivity index is 1.75. The zero-order valence-corrected chi connectivity index (χ0v) is 24.7. The molecular formula is C30H39N3O6S. The van der Waals surface area contributed by atoms with Gasteiger partial charge < -0.3 is 34.1 Å². The molecule has 3 rings (SSSR count). The number of nitrogens with one attached hydrogen (secondary N) is 1. The molecule has 0 aliphatic carbocycles. The third kappa shape index (κ3) is 9.17. The van der Waals surface area contributed by atoms with Crippen LogP contribution in [0.15, 0.2) is 54.6 Å². The van der Waals surface area contributed by atoms with Gasteiger partial charge in [-0.1, -0.05) is 6.07 Å². The minimum atomic E-state index is -0.346. The molecule has 0 aliphatic heterocycles. The summed E-state index contributed by atoms with van der Waals surface area (Å²) in [6.07, 6.45) is 1.23. The van der Waals surface area contributed by atoms with Gasteiger partial charge >= 0.3 is 6.03 Å². The first-order valence-electron chi connectivity index (χ1n) is 13.1. The summed E-state index contributed by atoms with van der Waals surface area (Å²) < 4.78 is 21.2. The largest absolute Gasteiger partial charge is 0.497 e. The van der Waals surface area contributed by atoms with E-state index < -0.39 is 0 Å². The minimum absolute atomic E-state index is 0.0536. The summed E-state index contributed by atoms with van der Waals surface area (Å²) in [6, 6.07) is 16.6.